The van der Waals surface area contributed by atoms with Crippen LogP contribution < -0.4 is 10.2 Å². The Balaban J connectivity index is 1.42. The van der Waals surface area contributed by atoms with E-state index in [0.717, 1.165) is 27.7 Å². The van der Waals surface area contributed by atoms with Crippen molar-refractivity contribution in [2.24, 2.45) is 5.10 Å². The van der Waals surface area contributed by atoms with E-state index in [1.807, 2.05) is 47.9 Å². The summed E-state index contributed by atoms with van der Waals surface area (Å²) in [6, 6.07) is 20.3. The molecule has 1 heterocycles. The number of ether oxygens (including phenoxy) is 1. The second kappa shape index (κ2) is 11.0. The molecule has 0 aliphatic rings. The maximum Gasteiger partial charge on any atom is 0.250 e. The minimum absolute atomic E-state index is 0.0898. The zero-order valence-electron chi connectivity index (χ0n) is 21.3. The van der Waals surface area contributed by atoms with Crippen molar-refractivity contribution in [2.45, 2.75) is 44.8 Å². The van der Waals surface area contributed by atoms with Crippen molar-refractivity contribution in [3.05, 3.63) is 71.8 Å². The zero-order chi connectivity index (χ0) is 25.7. The highest BCUT2D eigenvalue weighted by Crippen LogP contribution is 2.28. The highest BCUT2D eigenvalue weighted by Gasteiger charge is 2.17. The molecule has 0 bridgehead atoms. The summed E-state index contributed by atoms with van der Waals surface area (Å²) < 4.78 is 7.50. The molecule has 0 saturated carbocycles. The fraction of sp³-hybridized carbons (Fsp3) is 0.286. The molecule has 4 rings (SSSR count). The van der Waals surface area contributed by atoms with Gasteiger partial charge in [0.25, 0.3) is 5.91 Å². The number of nitrogens with zero attached hydrogens (tertiary/aromatic N) is 4. The molecule has 0 fully saturated rings. The van der Waals surface area contributed by atoms with Crippen LogP contribution in [0.3, 0.4) is 0 Å². The van der Waals surface area contributed by atoms with E-state index in [1.54, 1.807) is 13.3 Å². The predicted molar refractivity (Wildman–Crippen MR) is 147 cm³/mol. The van der Waals surface area contributed by atoms with Crippen LogP contribution in [0.15, 0.2) is 70.9 Å². The Kier molecular flexibility index (Phi) is 7.74. The average molecular weight is 502 g/mol. The van der Waals surface area contributed by atoms with Gasteiger partial charge >= 0.3 is 0 Å². The number of hydrazone groups is 1. The predicted octanol–water partition coefficient (Wildman–Crippen LogP) is 5.67. The van der Waals surface area contributed by atoms with Crippen molar-refractivity contribution in [3.8, 4) is 17.1 Å². The first-order valence-corrected chi connectivity index (χ1v) is 12.8. The van der Waals surface area contributed by atoms with Gasteiger partial charge in [0.05, 0.1) is 19.1 Å². The molecule has 0 unspecified atom stereocenters. The highest BCUT2D eigenvalue weighted by atomic mass is 32.2. The van der Waals surface area contributed by atoms with Gasteiger partial charge < -0.3 is 9.30 Å². The number of aromatic nitrogens is 3. The largest absolute Gasteiger partial charge is 0.496 e. The van der Waals surface area contributed by atoms with Crippen LogP contribution in [0.25, 0.3) is 22.2 Å². The summed E-state index contributed by atoms with van der Waals surface area (Å²) in [7, 11) is 1.62. The Bertz CT molecular complexity index is 1390. The summed E-state index contributed by atoms with van der Waals surface area (Å²) >= 11 is 1.34. The van der Waals surface area contributed by atoms with E-state index in [9.17, 15) is 4.79 Å². The van der Waals surface area contributed by atoms with E-state index in [-0.39, 0.29) is 17.1 Å². The van der Waals surface area contributed by atoms with Crippen molar-refractivity contribution in [2.75, 3.05) is 12.9 Å². The number of thioether (sulfide) groups is 1. The molecule has 0 radical (unpaired) electrons. The molecular formula is C28H31N5O2S. The maximum absolute atomic E-state index is 12.5. The van der Waals surface area contributed by atoms with Crippen LogP contribution in [0.4, 0.5) is 0 Å². The van der Waals surface area contributed by atoms with E-state index in [4.69, 9.17) is 4.74 Å². The molecule has 0 aliphatic heterocycles. The molecule has 8 heteroatoms. The third kappa shape index (κ3) is 5.60. The summed E-state index contributed by atoms with van der Waals surface area (Å²) in [6.45, 7) is 9.32. The molecule has 3 aromatic carbocycles. The number of nitrogens with one attached hydrogen (secondary N) is 1. The second-order valence-corrected chi connectivity index (χ2v) is 10.3. The van der Waals surface area contributed by atoms with Gasteiger partial charge in [-0.1, -0.05) is 87.1 Å². The van der Waals surface area contributed by atoms with Gasteiger partial charge in [-0.05, 0) is 34.7 Å². The Morgan fingerprint density at radius 1 is 1.08 bits per heavy atom. The fourth-order valence-electron chi connectivity index (χ4n) is 3.93. The van der Waals surface area contributed by atoms with Crippen LogP contribution in [0, 0.1) is 0 Å². The van der Waals surface area contributed by atoms with E-state index in [0.29, 0.717) is 17.5 Å². The molecule has 7 nitrogen and oxygen atoms in total. The van der Waals surface area contributed by atoms with E-state index >= 15 is 0 Å². The molecule has 1 amide bonds. The molecule has 1 aromatic heterocycles. The summed E-state index contributed by atoms with van der Waals surface area (Å²) in [5, 5.41) is 15.7. The van der Waals surface area contributed by atoms with Crippen molar-refractivity contribution >= 4 is 34.7 Å². The average Bonchev–Trinajstić information content (AvgIpc) is 3.30. The van der Waals surface area contributed by atoms with E-state index in [2.05, 4.69) is 65.8 Å². The molecule has 0 aliphatic carbocycles. The van der Waals surface area contributed by atoms with Crippen molar-refractivity contribution in [1.29, 1.82) is 0 Å². The summed E-state index contributed by atoms with van der Waals surface area (Å²) in [5.41, 5.74) is 5.78. The number of amides is 1. The SMILES string of the molecule is CCn1c(SCC(=O)N/N=C\c2c(OC)ccc3ccccc23)nnc1-c1ccc(C(C)(C)C)cc1. The number of carbonyl (C=O) groups excluding carboxylic acids is 1. The first kappa shape index (κ1) is 25.4. The fourth-order valence-corrected chi connectivity index (χ4v) is 4.73. The third-order valence-electron chi connectivity index (χ3n) is 5.91. The van der Waals surface area contributed by atoms with Crippen LogP contribution in [-0.2, 0) is 16.8 Å². The van der Waals surface area contributed by atoms with Crippen LogP contribution in [0.2, 0.25) is 0 Å². The Morgan fingerprint density at radius 2 is 1.83 bits per heavy atom. The van der Waals surface area contributed by atoms with Gasteiger partial charge in [-0.3, -0.25) is 4.79 Å². The first-order chi connectivity index (χ1) is 17.3. The number of hydrogen-bond donors (Lipinski definition) is 1. The number of benzene rings is 3. The molecule has 1 N–H and O–H groups in total. The minimum Gasteiger partial charge on any atom is -0.496 e. The molecule has 0 spiro atoms. The monoisotopic (exact) mass is 501 g/mol. The lowest BCUT2D eigenvalue weighted by atomic mass is 9.87. The normalized spacial score (nSPS) is 11.8. The second-order valence-electron chi connectivity index (χ2n) is 9.36. The highest BCUT2D eigenvalue weighted by molar-refractivity contribution is 7.99. The van der Waals surface area contributed by atoms with E-state index < -0.39 is 0 Å². The Hall–Kier alpha value is -3.65. The molecule has 0 atom stereocenters. The molecule has 186 valence electrons. The summed E-state index contributed by atoms with van der Waals surface area (Å²) in [6.07, 6.45) is 1.62. The Morgan fingerprint density at radius 3 is 2.53 bits per heavy atom. The lowest BCUT2D eigenvalue weighted by Gasteiger charge is -2.19. The topological polar surface area (TPSA) is 81.4 Å². The standard InChI is InChI=1S/C28H31N5O2S/c1-6-33-26(20-11-14-21(15-12-20)28(2,3)4)31-32-27(33)36-18-25(34)30-29-17-23-22-10-8-7-9-19(22)13-16-24(23)35-5/h7-17H,6,18H2,1-5H3,(H,30,34)/b29-17-. The van der Waals surface area contributed by atoms with Gasteiger partial charge in [0.2, 0.25) is 0 Å². The van der Waals surface area contributed by atoms with Crippen molar-refractivity contribution < 1.29 is 9.53 Å². The number of hydrogen-bond acceptors (Lipinski definition) is 6. The number of rotatable bonds is 8. The zero-order valence-corrected chi connectivity index (χ0v) is 22.1. The molecule has 36 heavy (non-hydrogen) atoms. The van der Waals surface area contributed by atoms with Gasteiger partial charge in [-0.25, -0.2) is 5.43 Å². The number of carbonyl (C=O) groups is 1. The first-order valence-electron chi connectivity index (χ1n) is 11.9. The lowest BCUT2D eigenvalue weighted by molar-refractivity contribution is -0.118. The van der Waals surface area contributed by atoms with Crippen molar-refractivity contribution in [1.82, 2.24) is 20.2 Å². The Labute approximate surface area is 216 Å². The molecule has 4 aromatic rings. The van der Waals surface area contributed by atoms with Gasteiger partial charge in [0, 0.05) is 17.7 Å². The maximum atomic E-state index is 12.5. The quantitative estimate of drug-likeness (QED) is 0.191. The van der Waals surface area contributed by atoms with Gasteiger partial charge in [0.1, 0.15) is 5.75 Å². The van der Waals surface area contributed by atoms with Crippen molar-refractivity contribution in [3.63, 3.8) is 0 Å². The van der Waals surface area contributed by atoms with Crippen LogP contribution >= 0.6 is 11.8 Å². The molecule has 0 saturated heterocycles. The van der Waals surface area contributed by atoms with Crippen LogP contribution in [0.1, 0.15) is 38.8 Å². The van der Waals surface area contributed by atoms with Gasteiger partial charge in [-0.2, -0.15) is 5.10 Å². The smallest absolute Gasteiger partial charge is 0.250 e. The van der Waals surface area contributed by atoms with Gasteiger partial charge in [0.15, 0.2) is 11.0 Å². The molecular weight excluding hydrogens is 470 g/mol. The lowest BCUT2D eigenvalue weighted by Crippen LogP contribution is -2.20. The summed E-state index contributed by atoms with van der Waals surface area (Å²) in [4.78, 5) is 12.5. The van der Waals surface area contributed by atoms with Crippen LogP contribution in [-0.4, -0.2) is 39.7 Å². The third-order valence-corrected chi connectivity index (χ3v) is 6.87. The summed E-state index contributed by atoms with van der Waals surface area (Å²) in [5.74, 6) is 1.43. The number of fused-ring (bicyclic) bond motifs is 1. The van der Waals surface area contributed by atoms with E-state index in [1.165, 1.54) is 17.3 Å². The number of methoxy groups -OCH3 is 1. The minimum atomic E-state index is -0.225. The van der Waals surface area contributed by atoms with Crippen LogP contribution in [0.5, 0.6) is 5.75 Å². The van der Waals surface area contributed by atoms with Gasteiger partial charge in [-0.15, -0.1) is 10.2 Å².